The van der Waals surface area contributed by atoms with Crippen molar-refractivity contribution in [2.75, 3.05) is 21.3 Å². The van der Waals surface area contributed by atoms with Gasteiger partial charge in [-0.2, -0.15) is 0 Å². The van der Waals surface area contributed by atoms with Gasteiger partial charge >= 0.3 is 0 Å². The number of para-hydroxylation sites is 1. The highest BCUT2D eigenvalue weighted by Crippen LogP contribution is 2.39. The molecule has 0 spiro atoms. The van der Waals surface area contributed by atoms with Crippen LogP contribution in [-0.2, 0) is 6.54 Å². The van der Waals surface area contributed by atoms with Gasteiger partial charge in [0.2, 0.25) is 0 Å². The monoisotopic (exact) mass is 402 g/mol. The molecule has 0 bridgehead atoms. The van der Waals surface area contributed by atoms with Crippen molar-refractivity contribution in [1.29, 1.82) is 0 Å². The number of thiazole rings is 1. The topological polar surface area (TPSA) is 52.6 Å². The fourth-order valence-corrected chi connectivity index (χ4v) is 3.74. The minimum Gasteiger partial charge on any atom is -0.494 e. The average molecular weight is 402 g/mol. The van der Waals surface area contributed by atoms with Crippen LogP contribution in [-0.4, -0.2) is 26.3 Å². The predicted molar refractivity (Wildman–Crippen MR) is 109 cm³/mol. The lowest BCUT2D eigenvalue weighted by Gasteiger charge is -2.14. The molecule has 0 fully saturated rings. The zero-order chi connectivity index (χ0) is 20.1. The Labute approximate surface area is 168 Å². The lowest BCUT2D eigenvalue weighted by molar-refractivity contribution is 0.356. The quantitative estimate of drug-likeness (QED) is 0.585. The van der Waals surface area contributed by atoms with Crippen LogP contribution in [0.4, 0.5) is 4.39 Å². The molecule has 1 unspecified atom stereocenters. The van der Waals surface area contributed by atoms with Crippen LogP contribution in [0.5, 0.6) is 17.2 Å². The maximum atomic E-state index is 13.9. The summed E-state index contributed by atoms with van der Waals surface area (Å²) in [6.07, 6.45) is 0. The number of halogens is 1. The number of hydrogen-bond donors (Lipinski definition) is 1. The van der Waals surface area contributed by atoms with E-state index in [2.05, 4.69) is 5.32 Å². The first-order valence-corrected chi connectivity index (χ1v) is 9.68. The number of nitrogens with zero attached hydrogens (tertiary/aromatic N) is 1. The molecule has 28 heavy (non-hydrogen) atoms. The molecule has 5 nitrogen and oxygen atoms in total. The van der Waals surface area contributed by atoms with Gasteiger partial charge in [-0.05, 0) is 36.8 Å². The van der Waals surface area contributed by atoms with Gasteiger partial charge in [0.05, 0.1) is 32.6 Å². The van der Waals surface area contributed by atoms with Gasteiger partial charge in [0.1, 0.15) is 5.01 Å². The highest BCUT2D eigenvalue weighted by molar-refractivity contribution is 7.13. The molecule has 0 saturated heterocycles. The molecule has 1 aromatic heterocycles. The van der Waals surface area contributed by atoms with Crippen LogP contribution in [0.1, 0.15) is 24.2 Å². The van der Waals surface area contributed by atoms with E-state index in [0.717, 1.165) is 21.8 Å². The molecule has 1 atom stereocenters. The summed E-state index contributed by atoms with van der Waals surface area (Å²) in [4.78, 5) is 4.70. The van der Waals surface area contributed by atoms with Crippen molar-refractivity contribution in [1.82, 2.24) is 10.3 Å². The molecule has 148 valence electrons. The van der Waals surface area contributed by atoms with Gasteiger partial charge in [0.15, 0.2) is 23.1 Å². The first-order valence-electron chi connectivity index (χ1n) is 8.80. The van der Waals surface area contributed by atoms with Gasteiger partial charge in [-0.15, -0.1) is 11.3 Å². The Hall–Kier alpha value is -2.64. The molecule has 0 amide bonds. The van der Waals surface area contributed by atoms with Crippen LogP contribution in [0.25, 0.3) is 10.6 Å². The number of rotatable bonds is 8. The van der Waals surface area contributed by atoms with Gasteiger partial charge < -0.3 is 19.5 Å². The minimum atomic E-state index is -0.366. The van der Waals surface area contributed by atoms with E-state index in [1.54, 1.807) is 31.6 Å². The average Bonchev–Trinajstić information content (AvgIpc) is 3.20. The summed E-state index contributed by atoms with van der Waals surface area (Å²) in [6, 6.07) is 10.7. The second-order valence-electron chi connectivity index (χ2n) is 6.18. The van der Waals surface area contributed by atoms with Gasteiger partial charge in [-0.3, -0.25) is 0 Å². The molecule has 3 aromatic rings. The van der Waals surface area contributed by atoms with Crippen molar-refractivity contribution in [3.63, 3.8) is 0 Å². The van der Waals surface area contributed by atoms with Crippen molar-refractivity contribution in [2.24, 2.45) is 0 Å². The molecule has 0 aliphatic heterocycles. The molecule has 0 aliphatic carbocycles. The van der Waals surface area contributed by atoms with E-state index in [4.69, 9.17) is 19.2 Å². The van der Waals surface area contributed by atoms with E-state index < -0.39 is 0 Å². The molecule has 1 heterocycles. The first kappa shape index (κ1) is 20.1. The van der Waals surface area contributed by atoms with Crippen molar-refractivity contribution >= 4 is 11.3 Å². The van der Waals surface area contributed by atoms with Gasteiger partial charge in [-0.25, -0.2) is 9.37 Å². The molecule has 1 N–H and O–H groups in total. The Morgan fingerprint density at radius 3 is 2.54 bits per heavy atom. The number of nitrogens with one attached hydrogen (secondary N) is 1. The molecule has 0 aliphatic rings. The normalized spacial score (nSPS) is 11.9. The number of aromatic nitrogens is 1. The summed E-state index contributed by atoms with van der Waals surface area (Å²) >= 11 is 1.54. The summed E-state index contributed by atoms with van der Waals surface area (Å²) in [5, 5.41) is 6.24. The zero-order valence-electron chi connectivity index (χ0n) is 16.3. The van der Waals surface area contributed by atoms with Gasteiger partial charge in [-0.1, -0.05) is 12.1 Å². The van der Waals surface area contributed by atoms with Crippen LogP contribution in [0.15, 0.2) is 41.8 Å². The lowest BCUT2D eigenvalue weighted by Crippen LogP contribution is -2.18. The van der Waals surface area contributed by atoms with Gasteiger partial charge in [0.25, 0.3) is 0 Å². The Morgan fingerprint density at radius 2 is 1.86 bits per heavy atom. The summed E-state index contributed by atoms with van der Waals surface area (Å²) in [5.74, 6) is 1.22. The molecule has 2 aromatic carbocycles. The smallest absolute Gasteiger partial charge is 0.170 e. The summed E-state index contributed by atoms with van der Waals surface area (Å²) < 4.78 is 29.7. The Bertz CT molecular complexity index is 945. The number of ether oxygens (including phenoxy) is 3. The Kier molecular flexibility index (Phi) is 6.49. The standard InChI is InChI=1S/C21H23FN2O3S/c1-13(14-8-9-18(25-2)17(22)10-14)23-11-15-12-28-21(24-15)16-6-5-7-19(26-3)20(16)27-4/h5-10,12-13,23H,11H2,1-4H3. The zero-order valence-corrected chi connectivity index (χ0v) is 17.1. The largest absolute Gasteiger partial charge is 0.494 e. The highest BCUT2D eigenvalue weighted by Gasteiger charge is 2.15. The summed E-state index contributed by atoms with van der Waals surface area (Å²) in [5.41, 5.74) is 2.65. The second kappa shape index (κ2) is 9.03. The van der Waals surface area contributed by atoms with E-state index in [-0.39, 0.29) is 17.6 Å². The molecule has 3 rings (SSSR count). The van der Waals surface area contributed by atoms with Gasteiger partial charge in [0, 0.05) is 18.0 Å². The fourth-order valence-electron chi connectivity index (χ4n) is 2.89. The predicted octanol–water partition coefficient (Wildman–Crippen LogP) is 4.83. The number of methoxy groups -OCH3 is 3. The Morgan fingerprint density at radius 1 is 1.07 bits per heavy atom. The van der Waals surface area contributed by atoms with Crippen molar-refractivity contribution in [2.45, 2.75) is 19.5 Å². The van der Waals surface area contributed by atoms with Crippen molar-refractivity contribution in [3.05, 3.63) is 58.9 Å². The van der Waals surface area contributed by atoms with Crippen LogP contribution >= 0.6 is 11.3 Å². The van der Waals surface area contributed by atoms with Crippen LogP contribution in [0.3, 0.4) is 0 Å². The van der Waals surface area contributed by atoms with Crippen LogP contribution < -0.4 is 19.5 Å². The SMILES string of the molecule is COc1ccc(C(C)NCc2csc(-c3cccc(OC)c3OC)n2)cc1F. The van der Waals surface area contributed by atoms with E-state index in [0.29, 0.717) is 18.0 Å². The van der Waals surface area contributed by atoms with E-state index >= 15 is 0 Å². The highest BCUT2D eigenvalue weighted by atomic mass is 32.1. The molecule has 0 radical (unpaired) electrons. The third-order valence-corrected chi connectivity index (χ3v) is 5.37. The Balaban J connectivity index is 1.71. The lowest BCUT2D eigenvalue weighted by atomic mass is 10.1. The minimum absolute atomic E-state index is 0.0306. The molecular formula is C21H23FN2O3S. The maximum absolute atomic E-state index is 13.9. The van der Waals surface area contributed by atoms with Crippen LogP contribution in [0, 0.1) is 5.82 Å². The number of benzene rings is 2. The summed E-state index contributed by atoms with van der Waals surface area (Å²) in [6.45, 7) is 2.55. The molecule has 7 heteroatoms. The van der Waals surface area contributed by atoms with Crippen molar-refractivity contribution in [3.8, 4) is 27.8 Å². The fraction of sp³-hybridized carbons (Fsp3) is 0.286. The van der Waals surface area contributed by atoms with E-state index in [1.807, 2.05) is 36.6 Å². The summed E-state index contributed by atoms with van der Waals surface area (Å²) in [7, 11) is 4.69. The van der Waals surface area contributed by atoms with Crippen molar-refractivity contribution < 1.29 is 18.6 Å². The molecular weight excluding hydrogens is 379 g/mol. The van der Waals surface area contributed by atoms with E-state index in [1.165, 1.54) is 13.2 Å². The second-order valence-corrected chi connectivity index (χ2v) is 7.04. The molecule has 0 saturated carbocycles. The van der Waals surface area contributed by atoms with E-state index in [9.17, 15) is 4.39 Å². The third-order valence-electron chi connectivity index (χ3n) is 4.45. The number of hydrogen-bond acceptors (Lipinski definition) is 6. The third kappa shape index (κ3) is 4.26. The van der Waals surface area contributed by atoms with Crippen LogP contribution in [0.2, 0.25) is 0 Å². The first-order chi connectivity index (χ1) is 13.6. The maximum Gasteiger partial charge on any atom is 0.170 e.